The summed E-state index contributed by atoms with van der Waals surface area (Å²) in [6.07, 6.45) is 11.4. The van der Waals surface area contributed by atoms with Crippen molar-refractivity contribution in [1.82, 2.24) is 19.4 Å². The van der Waals surface area contributed by atoms with Gasteiger partial charge in [0.1, 0.15) is 12.4 Å². The Morgan fingerprint density at radius 2 is 1.71 bits per heavy atom. The fraction of sp³-hybridized carbons (Fsp3) is 0.543. The number of terminal acetylenes is 1. The van der Waals surface area contributed by atoms with Crippen molar-refractivity contribution in [1.29, 1.82) is 0 Å². The van der Waals surface area contributed by atoms with Crippen molar-refractivity contribution in [3.63, 3.8) is 0 Å². The van der Waals surface area contributed by atoms with Crippen molar-refractivity contribution in [3.8, 4) is 12.3 Å². The number of benzene rings is 1. The predicted molar refractivity (Wildman–Crippen MR) is 181 cm³/mol. The number of hydrogen-bond acceptors (Lipinski definition) is 9. The van der Waals surface area contributed by atoms with Crippen LogP contribution >= 0.6 is 11.6 Å². The number of rotatable bonds is 19. The maximum Gasteiger partial charge on any atom is 0.238 e. The van der Waals surface area contributed by atoms with Crippen LogP contribution in [0.2, 0.25) is 5.02 Å². The van der Waals surface area contributed by atoms with Gasteiger partial charge in [0.25, 0.3) is 0 Å². The summed E-state index contributed by atoms with van der Waals surface area (Å²) in [6, 6.07) is 7.55. The van der Waals surface area contributed by atoms with E-state index in [-0.39, 0.29) is 38.0 Å². The third kappa shape index (κ3) is 8.52. The summed E-state index contributed by atoms with van der Waals surface area (Å²) >= 11 is 6.28. The first-order valence-corrected chi connectivity index (χ1v) is 16.9. The van der Waals surface area contributed by atoms with Crippen LogP contribution < -0.4 is 4.90 Å². The van der Waals surface area contributed by atoms with Crippen LogP contribution in [0.1, 0.15) is 43.5 Å². The van der Waals surface area contributed by atoms with Crippen LogP contribution in [0.25, 0.3) is 11.0 Å². The fourth-order valence-corrected chi connectivity index (χ4v) is 6.59. The maximum absolute atomic E-state index is 14.3. The molecule has 1 fully saturated rings. The molecule has 3 aromatic rings. The van der Waals surface area contributed by atoms with Crippen LogP contribution in [0.5, 0.6) is 0 Å². The lowest BCUT2D eigenvalue weighted by Crippen LogP contribution is -2.50. The number of carbonyl (C=O) groups excluding carboxylic acids is 2. The Labute approximate surface area is 286 Å². The lowest BCUT2D eigenvalue weighted by atomic mass is 9.74. The molecule has 2 aliphatic rings. The van der Waals surface area contributed by atoms with E-state index in [2.05, 4.69) is 15.5 Å². The Kier molecular flexibility index (Phi) is 13.2. The average molecular weight is 682 g/mol. The minimum Gasteiger partial charge on any atom is -0.396 e. The minimum absolute atomic E-state index is 0.00978. The van der Waals surface area contributed by atoms with Crippen LogP contribution in [-0.2, 0) is 47.0 Å². The molecule has 0 aliphatic carbocycles. The molecule has 1 N–H and O–H groups in total. The number of pyridine rings is 1. The molecule has 5 rings (SSSR count). The van der Waals surface area contributed by atoms with Gasteiger partial charge in [0.05, 0.1) is 87.5 Å². The van der Waals surface area contributed by atoms with E-state index in [0.29, 0.717) is 90.2 Å². The number of aliphatic hydroxyl groups excluding tert-OH is 1. The highest BCUT2D eigenvalue weighted by molar-refractivity contribution is 6.31. The molecule has 13 heteroatoms. The number of likely N-dealkylation sites (tertiary alicyclic amines) is 1. The lowest BCUT2D eigenvalue weighted by Gasteiger charge is -2.38. The van der Waals surface area contributed by atoms with Gasteiger partial charge in [0.15, 0.2) is 0 Å². The number of aliphatic hydroxyl groups is 1. The summed E-state index contributed by atoms with van der Waals surface area (Å²) in [6.45, 7) is 5.22. The molecule has 0 radical (unpaired) electrons. The number of nitrogens with zero attached hydrogens (tertiary/aromatic N) is 5. The molecule has 1 spiro atoms. The van der Waals surface area contributed by atoms with Gasteiger partial charge in [-0.15, -0.1) is 6.42 Å². The molecule has 12 nitrogen and oxygen atoms in total. The third-order valence-electron chi connectivity index (χ3n) is 8.87. The van der Waals surface area contributed by atoms with Crippen molar-refractivity contribution < 1.29 is 33.6 Å². The van der Waals surface area contributed by atoms with Gasteiger partial charge < -0.3 is 38.4 Å². The van der Waals surface area contributed by atoms with Gasteiger partial charge in [0, 0.05) is 37.5 Å². The summed E-state index contributed by atoms with van der Waals surface area (Å²) in [5.74, 6) is 3.17. The molecule has 0 saturated carbocycles. The first kappa shape index (κ1) is 35.7. The van der Waals surface area contributed by atoms with Crippen LogP contribution in [0.3, 0.4) is 0 Å². The van der Waals surface area contributed by atoms with Crippen LogP contribution in [-0.4, -0.2) is 109 Å². The van der Waals surface area contributed by atoms with Crippen LogP contribution in [0.15, 0.2) is 36.7 Å². The highest BCUT2D eigenvalue weighted by Gasteiger charge is 2.52. The van der Waals surface area contributed by atoms with Crippen molar-refractivity contribution in [2.75, 3.05) is 77.5 Å². The number of unbranched alkanes of at least 4 members (excludes halogenated alkanes) is 1. The van der Waals surface area contributed by atoms with Gasteiger partial charge in [-0.3, -0.25) is 14.6 Å². The average Bonchev–Trinajstić information content (AvgIpc) is 3.54. The zero-order chi connectivity index (χ0) is 33.8. The quantitative estimate of drug-likeness (QED) is 0.150. The normalized spacial score (nSPS) is 15.4. The molecule has 48 heavy (non-hydrogen) atoms. The molecule has 0 bridgehead atoms. The fourth-order valence-electron chi connectivity index (χ4n) is 6.42. The number of aryl methyl sites for hydroxylation is 1. The molecule has 258 valence electrons. The summed E-state index contributed by atoms with van der Waals surface area (Å²) < 4.78 is 23.7. The van der Waals surface area contributed by atoms with Gasteiger partial charge in [0.2, 0.25) is 11.8 Å². The molecule has 0 atom stereocenters. The number of ether oxygens (including phenoxy) is 4. The second-order valence-electron chi connectivity index (χ2n) is 11.8. The number of carbonyl (C=O) groups is 2. The molecule has 0 unspecified atom stereocenters. The zero-order valence-corrected chi connectivity index (χ0v) is 28.0. The number of hydrogen-bond donors (Lipinski definition) is 1. The second kappa shape index (κ2) is 17.7. The van der Waals surface area contributed by atoms with Crippen molar-refractivity contribution in [2.24, 2.45) is 0 Å². The first-order chi connectivity index (χ1) is 23.5. The van der Waals surface area contributed by atoms with E-state index in [1.165, 1.54) is 0 Å². The van der Waals surface area contributed by atoms with Gasteiger partial charge in [-0.1, -0.05) is 17.5 Å². The molecule has 4 heterocycles. The Morgan fingerprint density at radius 1 is 1.00 bits per heavy atom. The first-order valence-electron chi connectivity index (χ1n) is 16.5. The topological polar surface area (TPSA) is 128 Å². The summed E-state index contributed by atoms with van der Waals surface area (Å²) in [4.78, 5) is 40.2. The Bertz CT molecular complexity index is 1570. The van der Waals surface area contributed by atoms with Gasteiger partial charge >= 0.3 is 0 Å². The highest BCUT2D eigenvalue weighted by atomic mass is 35.5. The monoisotopic (exact) mass is 681 g/mol. The molecular weight excluding hydrogens is 638 g/mol. The number of halogens is 1. The molecule has 2 aromatic heterocycles. The largest absolute Gasteiger partial charge is 0.396 e. The number of anilines is 1. The molecule has 2 amide bonds. The summed E-state index contributed by atoms with van der Waals surface area (Å²) in [5, 5.41) is 9.96. The standard InChI is InChI=1S/C35H44ClN5O7/c1-2-16-45-18-20-47-22-23-48-21-19-46-17-8-33(43)39-13-9-35(10-14-39)28-7-11-37-25-31(28)41(34(35)44)26-32-38-29-24-27(36)5-6-30(29)40(32)12-3-4-15-42/h1,5-7,11,24-25,42H,3-4,8-10,12-23,26H2. The number of amides is 2. The van der Waals surface area contributed by atoms with Crippen molar-refractivity contribution in [3.05, 3.63) is 53.1 Å². The van der Waals surface area contributed by atoms with Gasteiger partial charge in [-0.25, -0.2) is 4.98 Å². The van der Waals surface area contributed by atoms with Gasteiger partial charge in [-0.2, -0.15) is 0 Å². The van der Waals surface area contributed by atoms with E-state index in [4.69, 9.17) is 42.0 Å². The van der Waals surface area contributed by atoms with E-state index >= 15 is 0 Å². The lowest BCUT2D eigenvalue weighted by molar-refractivity contribution is -0.136. The highest BCUT2D eigenvalue weighted by Crippen LogP contribution is 2.48. The van der Waals surface area contributed by atoms with Crippen LogP contribution in [0.4, 0.5) is 5.69 Å². The number of imidazole rings is 1. The van der Waals surface area contributed by atoms with E-state index in [1.807, 2.05) is 29.2 Å². The Balaban J connectivity index is 1.12. The van der Waals surface area contributed by atoms with E-state index in [0.717, 1.165) is 34.5 Å². The summed E-state index contributed by atoms with van der Waals surface area (Å²) in [7, 11) is 0. The number of fused-ring (bicyclic) bond motifs is 3. The summed E-state index contributed by atoms with van der Waals surface area (Å²) in [5.41, 5.74) is 2.71. The minimum atomic E-state index is -0.724. The van der Waals surface area contributed by atoms with Crippen LogP contribution in [0, 0.1) is 12.3 Å². The zero-order valence-electron chi connectivity index (χ0n) is 27.3. The van der Waals surface area contributed by atoms with E-state index < -0.39 is 5.41 Å². The Morgan fingerprint density at radius 3 is 2.42 bits per heavy atom. The van der Waals surface area contributed by atoms with Gasteiger partial charge in [-0.05, 0) is 55.5 Å². The predicted octanol–water partition coefficient (Wildman–Crippen LogP) is 3.35. The van der Waals surface area contributed by atoms with Crippen molar-refractivity contribution >= 4 is 40.1 Å². The Hall–Kier alpha value is -3.57. The van der Waals surface area contributed by atoms with E-state index in [9.17, 15) is 14.7 Å². The SMILES string of the molecule is C#CCOCCOCCOCCOCCC(=O)N1CCC2(CC1)C(=O)N(Cc1nc3cc(Cl)ccc3n1CCCCO)c1cnccc12. The molecular formula is C35H44ClN5O7. The third-order valence-corrected chi connectivity index (χ3v) is 9.11. The van der Waals surface area contributed by atoms with Crippen molar-refractivity contribution in [2.45, 2.75) is 50.6 Å². The smallest absolute Gasteiger partial charge is 0.238 e. The molecule has 2 aliphatic heterocycles. The molecule has 1 saturated heterocycles. The number of piperidine rings is 1. The second-order valence-corrected chi connectivity index (χ2v) is 12.3. The maximum atomic E-state index is 14.3. The molecule has 1 aromatic carbocycles. The van der Waals surface area contributed by atoms with E-state index in [1.54, 1.807) is 17.3 Å². The number of aromatic nitrogens is 3.